The molecule has 1 heterocycles. The number of morpholine rings is 1. The predicted molar refractivity (Wildman–Crippen MR) is 96.7 cm³/mol. The predicted octanol–water partition coefficient (Wildman–Crippen LogP) is 4.37. The van der Waals surface area contributed by atoms with Crippen LogP contribution in [0.3, 0.4) is 0 Å². The van der Waals surface area contributed by atoms with Crippen molar-refractivity contribution in [3.8, 4) is 0 Å². The van der Waals surface area contributed by atoms with Crippen LogP contribution in [-0.2, 0) is 15.7 Å². The lowest BCUT2D eigenvalue weighted by atomic mass is 10.1. The first-order chi connectivity index (χ1) is 12.8. The monoisotopic (exact) mass is 398 g/mol. The van der Waals surface area contributed by atoms with Gasteiger partial charge in [0.15, 0.2) is 0 Å². The van der Waals surface area contributed by atoms with Gasteiger partial charge in [0.1, 0.15) is 6.10 Å². The van der Waals surface area contributed by atoms with Crippen molar-refractivity contribution in [2.75, 3.05) is 31.6 Å². The third kappa shape index (κ3) is 5.14. The number of alkyl halides is 3. The maximum Gasteiger partial charge on any atom is 0.416 e. The van der Waals surface area contributed by atoms with Gasteiger partial charge in [-0.25, -0.2) is 0 Å². The topological polar surface area (TPSA) is 41.6 Å². The average Bonchev–Trinajstić information content (AvgIpc) is 2.66. The van der Waals surface area contributed by atoms with E-state index in [4.69, 9.17) is 16.3 Å². The molecule has 4 nitrogen and oxygen atoms in total. The minimum absolute atomic E-state index is 0.0886. The maximum absolute atomic E-state index is 12.8. The van der Waals surface area contributed by atoms with Gasteiger partial charge in [0.25, 0.3) is 0 Å². The largest absolute Gasteiger partial charge is 0.416 e. The molecule has 0 spiro atoms. The molecule has 2 aromatic carbocycles. The van der Waals surface area contributed by atoms with Gasteiger partial charge < -0.3 is 15.0 Å². The molecule has 8 heteroatoms. The second kappa shape index (κ2) is 8.19. The Bertz CT molecular complexity index is 796. The van der Waals surface area contributed by atoms with Gasteiger partial charge in [0, 0.05) is 17.3 Å². The van der Waals surface area contributed by atoms with E-state index < -0.39 is 11.7 Å². The summed E-state index contributed by atoms with van der Waals surface area (Å²) in [6, 6.07) is 12.0. The fourth-order valence-corrected chi connectivity index (χ4v) is 2.98. The summed E-state index contributed by atoms with van der Waals surface area (Å²) in [6.45, 7) is 1.12. The lowest BCUT2D eigenvalue weighted by Gasteiger charge is -2.33. The van der Waals surface area contributed by atoms with Gasteiger partial charge in [0.2, 0.25) is 5.91 Å². The third-order valence-corrected chi connectivity index (χ3v) is 4.55. The van der Waals surface area contributed by atoms with E-state index in [0.717, 1.165) is 17.7 Å². The van der Waals surface area contributed by atoms with Gasteiger partial charge >= 0.3 is 6.18 Å². The van der Waals surface area contributed by atoms with Crippen molar-refractivity contribution in [1.82, 2.24) is 4.90 Å². The Labute approximate surface area is 159 Å². The van der Waals surface area contributed by atoms with Crippen molar-refractivity contribution in [2.24, 2.45) is 0 Å². The molecule has 0 aromatic heterocycles. The van der Waals surface area contributed by atoms with E-state index in [1.54, 1.807) is 17.0 Å². The van der Waals surface area contributed by atoms with Crippen molar-refractivity contribution in [3.05, 3.63) is 64.7 Å². The zero-order valence-corrected chi connectivity index (χ0v) is 15.1. The Kier molecular flexibility index (Phi) is 5.92. The summed E-state index contributed by atoms with van der Waals surface area (Å²) >= 11 is 5.88. The van der Waals surface area contributed by atoms with E-state index in [-0.39, 0.29) is 24.2 Å². The Morgan fingerprint density at radius 3 is 2.67 bits per heavy atom. The SMILES string of the molecule is O=C(CNc1cccc(C(F)(F)F)c1)N1CCOC(c2ccc(Cl)cc2)C1. The number of anilines is 1. The third-order valence-electron chi connectivity index (χ3n) is 4.29. The minimum Gasteiger partial charge on any atom is -0.376 e. The second-order valence-electron chi connectivity index (χ2n) is 6.18. The van der Waals surface area contributed by atoms with Gasteiger partial charge in [0.05, 0.1) is 25.3 Å². The van der Waals surface area contributed by atoms with Crippen molar-refractivity contribution in [3.63, 3.8) is 0 Å². The molecule has 1 amide bonds. The highest BCUT2D eigenvalue weighted by Gasteiger charge is 2.30. The lowest BCUT2D eigenvalue weighted by molar-refractivity contribution is -0.137. The van der Waals surface area contributed by atoms with Gasteiger partial charge in [-0.05, 0) is 35.9 Å². The molecule has 1 fully saturated rings. The van der Waals surface area contributed by atoms with E-state index in [1.807, 2.05) is 12.1 Å². The van der Waals surface area contributed by atoms with Crippen molar-refractivity contribution in [2.45, 2.75) is 12.3 Å². The maximum atomic E-state index is 12.8. The van der Waals surface area contributed by atoms with Crippen molar-refractivity contribution < 1.29 is 22.7 Å². The quantitative estimate of drug-likeness (QED) is 0.831. The van der Waals surface area contributed by atoms with Crippen LogP contribution in [0.15, 0.2) is 48.5 Å². The molecular weight excluding hydrogens is 381 g/mol. The molecule has 144 valence electrons. The summed E-state index contributed by atoms with van der Waals surface area (Å²) in [5.74, 6) is -0.199. The fraction of sp³-hybridized carbons (Fsp3) is 0.316. The van der Waals surface area contributed by atoms with Crippen LogP contribution in [0, 0.1) is 0 Å². The summed E-state index contributed by atoms with van der Waals surface area (Å²) < 4.78 is 44.0. The first kappa shape index (κ1) is 19.5. The van der Waals surface area contributed by atoms with E-state index in [1.165, 1.54) is 12.1 Å². The van der Waals surface area contributed by atoms with Crippen LogP contribution in [0.1, 0.15) is 17.2 Å². The zero-order valence-electron chi connectivity index (χ0n) is 14.3. The van der Waals surface area contributed by atoms with Crippen LogP contribution in [0.2, 0.25) is 5.02 Å². The number of rotatable bonds is 4. The van der Waals surface area contributed by atoms with Gasteiger partial charge in [-0.15, -0.1) is 0 Å². The molecule has 0 bridgehead atoms. The molecule has 1 aliphatic heterocycles. The number of carbonyl (C=O) groups excluding carboxylic acids is 1. The standard InChI is InChI=1S/C19H18ClF3N2O2/c20-15-6-4-13(5-7-15)17-12-25(8-9-27-17)18(26)11-24-16-3-1-2-14(10-16)19(21,22)23/h1-7,10,17,24H,8-9,11-12H2. The molecule has 1 N–H and O–H groups in total. The molecule has 2 aromatic rings. The van der Waals surface area contributed by atoms with Crippen molar-refractivity contribution >= 4 is 23.2 Å². The summed E-state index contributed by atoms with van der Waals surface area (Å²) in [7, 11) is 0. The summed E-state index contributed by atoms with van der Waals surface area (Å²) in [5.41, 5.74) is 0.414. The molecule has 1 unspecified atom stereocenters. The zero-order chi connectivity index (χ0) is 19.4. The average molecular weight is 399 g/mol. The molecule has 0 radical (unpaired) electrons. The highest BCUT2D eigenvalue weighted by molar-refractivity contribution is 6.30. The normalized spacial score (nSPS) is 17.6. The first-order valence-corrected chi connectivity index (χ1v) is 8.77. The highest BCUT2D eigenvalue weighted by Crippen LogP contribution is 2.30. The molecule has 1 aliphatic rings. The summed E-state index contributed by atoms with van der Waals surface area (Å²) in [5, 5.41) is 3.39. The van der Waals surface area contributed by atoms with Gasteiger partial charge in [-0.3, -0.25) is 4.79 Å². The van der Waals surface area contributed by atoms with Crippen LogP contribution in [0.5, 0.6) is 0 Å². The number of nitrogens with one attached hydrogen (secondary N) is 1. The molecular formula is C19H18ClF3N2O2. The summed E-state index contributed by atoms with van der Waals surface area (Å²) in [6.07, 6.45) is -4.67. The molecule has 0 aliphatic carbocycles. The van der Waals surface area contributed by atoms with E-state index in [2.05, 4.69) is 5.32 Å². The molecule has 1 atom stereocenters. The van der Waals surface area contributed by atoms with E-state index >= 15 is 0 Å². The van der Waals surface area contributed by atoms with Crippen LogP contribution in [-0.4, -0.2) is 37.0 Å². The number of amides is 1. The van der Waals surface area contributed by atoms with Gasteiger partial charge in [-0.2, -0.15) is 13.2 Å². The molecule has 27 heavy (non-hydrogen) atoms. The summed E-state index contributed by atoms with van der Waals surface area (Å²) in [4.78, 5) is 14.1. The molecule has 1 saturated heterocycles. The van der Waals surface area contributed by atoms with E-state index in [0.29, 0.717) is 24.7 Å². The van der Waals surface area contributed by atoms with Crippen molar-refractivity contribution in [1.29, 1.82) is 0 Å². The number of hydrogen-bond acceptors (Lipinski definition) is 3. The van der Waals surface area contributed by atoms with Crippen LogP contribution in [0.25, 0.3) is 0 Å². The number of carbonyl (C=O) groups is 1. The minimum atomic E-state index is -4.42. The highest BCUT2D eigenvalue weighted by atomic mass is 35.5. The van der Waals surface area contributed by atoms with Gasteiger partial charge in [-0.1, -0.05) is 29.8 Å². The van der Waals surface area contributed by atoms with E-state index in [9.17, 15) is 18.0 Å². The van der Waals surface area contributed by atoms with Crippen LogP contribution < -0.4 is 5.32 Å². The Hall–Kier alpha value is -2.25. The number of ether oxygens (including phenoxy) is 1. The Balaban J connectivity index is 1.58. The number of hydrogen-bond donors (Lipinski definition) is 1. The number of benzene rings is 2. The fourth-order valence-electron chi connectivity index (χ4n) is 2.85. The molecule has 0 saturated carbocycles. The smallest absolute Gasteiger partial charge is 0.376 e. The van der Waals surface area contributed by atoms with Crippen LogP contribution in [0.4, 0.5) is 18.9 Å². The van der Waals surface area contributed by atoms with Crippen LogP contribution >= 0.6 is 11.6 Å². The number of halogens is 4. The first-order valence-electron chi connectivity index (χ1n) is 8.39. The number of nitrogens with zero attached hydrogens (tertiary/aromatic N) is 1. The Morgan fingerprint density at radius 1 is 1.22 bits per heavy atom. The second-order valence-corrected chi connectivity index (χ2v) is 6.62. The Morgan fingerprint density at radius 2 is 1.96 bits per heavy atom. The lowest BCUT2D eigenvalue weighted by Crippen LogP contribution is -2.44. The molecule has 3 rings (SSSR count).